The molecule has 0 unspecified atom stereocenters. The molecular weight excluding hydrogens is 324 g/mol. The van der Waals surface area contributed by atoms with E-state index in [1.54, 1.807) is 13.0 Å². The maximum absolute atomic E-state index is 11.5. The second kappa shape index (κ2) is 6.11. The number of ether oxygens (including phenoxy) is 1. The third-order valence-electron chi connectivity index (χ3n) is 2.80. The van der Waals surface area contributed by atoms with E-state index < -0.39 is 0 Å². The summed E-state index contributed by atoms with van der Waals surface area (Å²) in [6.45, 7) is 3.94. The summed E-state index contributed by atoms with van der Waals surface area (Å²) in [4.78, 5) is 11.5. The lowest BCUT2D eigenvalue weighted by Crippen LogP contribution is -2.30. The Morgan fingerprint density at radius 3 is 2.80 bits per heavy atom. The van der Waals surface area contributed by atoms with Gasteiger partial charge in [0.05, 0.1) is 10.0 Å². The molecule has 0 radical (unpaired) electrons. The summed E-state index contributed by atoms with van der Waals surface area (Å²) < 4.78 is 12.0. The molecule has 0 bridgehead atoms. The second-order valence-electron chi connectivity index (χ2n) is 4.38. The molecule has 0 saturated carbocycles. The van der Waals surface area contributed by atoms with Gasteiger partial charge in [0.1, 0.15) is 23.9 Å². The molecule has 2 aromatic rings. The first kappa shape index (κ1) is 14.6. The molecule has 0 spiro atoms. The van der Waals surface area contributed by atoms with E-state index >= 15 is 0 Å². The first-order valence-corrected chi connectivity index (χ1v) is 6.79. The number of rotatable bonds is 4. The molecule has 0 atom stereocenters. The number of carbonyl (C=O) groups is 1. The molecule has 1 aromatic heterocycles. The molecule has 1 amide bonds. The summed E-state index contributed by atoms with van der Waals surface area (Å²) in [5.41, 5.74) is 3.63. The van der Waals surface area contributed by atoms with Crippen molar-refractivity contribution in [3.05, 3.63) is 51.4 Å². The fourth-order valence-corrected chi connectivity index (χ4v) is 2.40. The van der Waals surface area contributed by atoms with Crippen molar-refractivity contribution < 1.29 is 13.9 Å². The number of nitrogen functional groups attached to an aromatic ring is 1. The minimum atomic E-state index is -0.381. The maximum Gasteiger partial charge on any atom is 0.268 e. The SMILES string of the molecule is Cc1ccc(OCc2cc(C(=O)NN)c(C)o2)c(Br)c1. The van der Waals surface area contributed by atoms with Crippen molar-refractivity contribution in [1.82, 2.24) is 5.43 Å². The van der Waals surface area contributed by atoms with Gasteiger partial charge in [-0.1, -0.05) is 6.07 Å². The zero-order valence-corrected chi connectivity index (χ0v) is 12.8. The predicted molar refractivity (Wildman–Crippen MR) is 78.3 cm³/mol. The molecule has 1 aromatic carbocycles. The van der Waals surface area contributed by atoms with Crippen molar-refractivity contribution >= 4 is 21.8 Å². The van der Waals surface area contributed by atoms with Crippen LogP contribution < -0.4 is 16.0 Å². The van der Waals surface area contributed by atoms with Crippen LogP contribution in [0.1, 0.15) is 27.4 Å². The molecule has 2 rings (SSSR count). The minimum Gasteiger partial charge on any atom is -0.484 e. The van der Waals surface area contributed by atoms with Crippen LogP contribution in [0.15, 0.2) is 33.2 Å². The number of carbonyl (C=O) groups excluding carboxylic acids is 1. The van der Waals surface area contributed by atoms with E-state index in [1.165, 1.54) is 0 Å². The maximum atomic E-state index is 11.5. The number of nitrogens with two attached hydrogens (primary N) is 1. The molecular formula is C14H15BrN2O3. The molecule has 0 aliphatic carbocycles. The van der Waals surface area contributed by atoms with Crippen LogP contribution in [0.2, 0.25) is 0 Å². The van der Waals surface area contributed by atoms with Crippen molar-refractivity contribution in [3.63, 3.8) is 0 Å². The van der Waals surface area contributed by atoms with Crippen molar-refractivity contribution in [1.29, 1.82) is 0 Å². The topological polar surface area (TPSA) is 77.5 Å². The molecule has 0 fully saturated rings. The van der Waals surface area contributed by atoms with E-state index in [2.05, 4.69) is 21.4 Å². The fourth-order valence-electron chi connectivity index (χ4n) is 1.79. The molecule has 20 heavy (non-hydrogen) atoms. The van der Waals surface area contributed by atoms with Crippen LogP contribution >= 0.6 is 15.9 Å². The average Bonchev–Trinajstić information content (AvgIpc) is 2.78. The average molecular weight is 339 g/mol. The number of furan rings is 1. The van der Waals surface area contributed by atoms with Crippen LogP contribution in [-0.2, 0) is 6.61 Å². The third kappa shape index (κ3) is 3.20. The van der Waals surface area contributed by atoms with Crippen molar-refractivity contribution in [2.24, 2.45) is 5.84 Å². The summed E-state index contributed by atoms with van der Waals surface area (Å²) in [7, 11) is 0. The zero-order valence-electron chi connectivity index (χ0n) is 11.2. The van der Waals surface area contributed by atoms with Crippen molar-refractivity contribution in [2.45, 2.75) is 20.5 Å². The second-order valence-corrected chi connectivity index (χ2v) is 5.23. The Hall–Kier alpha value is -1.79. The van der Waals surface area contributed by atoms with E-state index in [4.69, 9.17) is 15.0 Å². The highest BCUT2D eigenvalue weighted by molar-refractivity contribution is 9.10. The Morgan fingerprint density at radius 2 is 2.15 bits per heavy atom. The van der Waals surface area contributed by atoms with Crippen LogP contribution in [0.3, 0.4) is 0 Å². The highest BCUT2D eigenvalue weighted by atomic mass is 79.9. The van der Waals surface area contributed by atoms with Crippen LogP contribution in [-0.4, -0.2) is 5.91 Å². The van der Waals surface area contributed by atoms with E-state index in [-0.39, 0.29) is 12.5 Å². The number of hydrogen-bond acceptors (Lipinski definition) is 4. The Labute approximate surface area is 125 Å². The quantitative estimate of drug-likeness (QED) is 0.510. The van der Waals surface area contributed by atoms with Gasteiger partial charge < -0.3 is 9.15 Å². The molecule has 1 heterocycles. The zero-order chi connectivity index (χ0) is 14.7. The van der Waals surface area contributed by atoms with Gasteiger partial charge in [-0.2, -0.15) is 0 Å². The largest absolute Gasteiger partial charge is 0.484 e. The van der Waals surface area contributed by atoms with Gasteiger partial charge in [-0.3, -0.25) is 10.2 Å². The first-order valence-electron chi connectivity index (χ1n) is 6.00. The smallest absolute Gasteiger partial charge is 0.268 e. The van der Waals surface area contributed by atoms with E-state index in [0.29, 0.717) is 17.1 Å². The summed E-state index contributed by atoms with van der Waals surface area (Å²) in [5.74, 6) is 6.51. The summed E-state index contributed by atoms with van der Waals surface area (Å²) in [6.07, 6.45) is 0. The number of halogens is 1. The highest BCUT2D eigenvalue weighted by Gasteiger charge is 2.14. The lowest BCUT2D eigenvalue weighted by molar-refractivity contribution is 0.0952. The van der Waals surface area contributed by atoms with Gasteiger partial charge in [-0.15, -0.1) is 0 Å². The lowest BCUT2D eigenvalue weighted by Gasteiger charge is -2.07. The monoisotopic (exact) mass is 338 g/mol. The number of amides is 1. The van der Waals surface area contributed by atoms with Gasteiger partial charge in [-0.25, -0.2) is 5.84 Å². The van der Waals surface area contributed by atoms with Gasteiger partial charge in [0.25, 0.3) is 5.91 Å². The number of nitrogens with one attached hydrogen (secondary N) is 1. The minimum absolute atomic E-state index is 0.236. The van der Waals surface area contributed by atoms with Crippen molar-refractivity contribution in [2.75, 3.05) is 0 Å². The van der Waals surface area contributed by atoms with Gasteiger partial charge in [0.15, 0.2) is 0 Å². The van der Waals surface area contributed by atoms with Crippen LogP contribution in [0.4, 0.5) is 0 Å². The van der Waals surface area contributed by atoms with Gasteiger partial charge in [0.2, 0.25) is 0 Å². The standard InChI is InChI=1S/C14H15BrN2O3/c1-8-3-4-13(12(15)5-8)19-7-10-6-11(9(2)20-10)14(18)17-16/h3-6H,7,16H2,1-2H3,(H,17,18). The lowest BCUT2D eigenvalue weighted by atomic mass is 10.2. The number of hydrazine groups is 1. The fraction of sp³-hybridized carbons (Fsp3) is 0.214. The molecule has 0 saturated heterocycles. The summed E-state index contributed by atoms with van der Waals surface area (Å²) in [5, 5.41) is 0. The molecule has 5 nitrogen and oxygen atoms in total. The Morgan fingerprint density at radius 1 is 1.40 bits per heavy atom. The molecule has 106 valence electrons. The molecule has 0 aliphatic heterocycles. The summed E-state index contributed by atoms with van der Waals surface area (Å²) in [6, 6.07) is 7.43. The van der Waals surface area contributed by atoms with Crippen LogP contribution in [0.5, 0.6) is 5.75 Å². The van der Waals surface area contributed by atoms with Gasteiger partial charge in [-0.05, 0) is 53.5 Å². The molecule has 3 N–H and O–H groups in total. The van der Waals surface area contributed by atoms with Gasteiger partial charge >= 0.3 is 0 Å². The molecule has 6 heteroatoms. The summed E-state index contributed by atoms with van der Waals surface area (Å²) >= 11 is 3.44. The Kier molecular flexibility index (Phi) is 4.46. The normalized spacial score (nSPS) is 10.4. The van der Waals surface area contributed by atoms with E-state index in [1.807, 2.05) is 25.1 Å². The van der Waals surface area contributed by atoms with Crippen molar-refractivity contribution in [3.8, 4) is 5.75 Å². The van der Waals surface area contributed by atoms with E-state index in [0.717, 1.165) is 15.8 Å². The first-order chi connectivity index (χ1) is 9.51. The number of benzene rings is 1. The predicted octanol–water partition coefficient (Wildman–Crippen LogP) is 2.84. The van der Waals surface area contributed by atoms with Crippen LogP contribution in [0, 0.1) is 13.8 Å². The number of aryl methyl sites for hydroxylation is 2. The van der Waals surface area contributed by atoms with E-state index in [9.17, 15) is 4.79 Å². The Bertz CT molecular complexity index is 637. The molecule has 0 aliphatic rings. The van der Waals surface area contributed by atoms with Gasteiger partial charge in [0, 0.05) is 0 Å². The Balaban J connectivity index is 2.09. The number of hydrogen-bond donors (Lipinski definition) is 2. The van der Waals surface area contributed by atoms with Crippen LogP contribution in [0.25, 0.3) is 0 Å². The third-order valence-corrected chi connectivity index (χ3v) is 3.42. The highest BCUT2D eigenvalue weighted by Crippen LogP contribution is 2.27.